The minimum absolute atomic E-state index is 0.0589. The Hall–Kier alpha value is -1.16. The normalized spacial score (nSPS) is 22.8. The second-order valence-electron chi connectivity index (χ2n) is 2.89. The summed E-state index contributed by atoms with van der Waals surface area (Å²) in [5, 5.41) is 0. The molecule has 0 amide bonds. The molecule has 4 nitrogen and oxygen atoms in total. The van der Waals surface area contributed by atoms with Crippen LogP contribution in [-0.2, 0) is 9.47 Å². The first-order chi connectivity index (χ1) is 6.22. The van der Waals surface area contributed by atoms with Gasteiger partial charge >= 0.3 is 6.02 Å². The Balaban J connectivity index is 2.47. The Kier molecular flexibility index (Phi) is 3.64. The molecular formula is C9H14N2O2. The van der Waals surface area contributed by atoms with Crippen LogP contribution in [0.15, 0.2) is 22.3 Å². The highest BCUT2D eigenvalue weighted by atomic mass is 16.6. The minimum Gasteiger partial charge on any atom is -0.458 e. The lowest BCUT2D eigenvalue weighted by atomic mass is 10.3. The summed E-state index contributed by atoms with van der Waals surface area (Å²) in [4.78, 5) is 7.63. The van der Waals surface area contributed by atoms with Crippen molar-refractivity contribution in [3.63, 3.8) is 0 Å². The molecule has 0 bridgehead atoms. The van der Waals surface area contributed by atoms with Crippen molar-refractivity contribution >= 4 is 12.7 Å². The van der Waals surface area contributed by atoms with Gasteiger partial charge in [0.1, 0.15) is 6.10 Å². The third kappa shape index (κ3) is 3.38. The highest BCUT2D eigenvalue weighted by Crippen LogP contribution is 2.09. The summed E-state index contributed by atoms with van der Waals surface area (Å²) in [6.07, 6.45) is 0.939. The number of aliphatic imine (C=N–C) groups is 2. The van der Waals surface area contributed by atoms with E-state index in [0.29, 0.717) is 12.3 Å². The monoisotopic (exact) mass is 182 g/mol. The van der Waals surface area contributed by atoms with Crippen molar-refractivity contribution in [2.24, 2.45) is 9.98 Å². The molecule has 1 rings (SSSR count). The second kappa shape index (κ2) is 4.77. The van der Waals surface area contributed by atoms with E-state index in [-0.39, 0.29) is 12.1 Å². The molecule has 1 atom stereocenters. The van der Waals surface area contributed by atoms with Gasteiger partial charge in [0.2, 0.25) is 0 Å². The fourth-order valence-corrected chi connectivity index (χ4v) is 1.02. The fourth-order valence-electron chi connectivity index (χ4n) is 1.02. The smallest absolute Gasteiger partial charge is 0.316 e. The Morgan fingerprint density at radius 3 is 2.85 bits per heavy atom. The Labute approximate surface area is 78.0 Å². The molecular weight excluding hydrogens is 168 g/mol. The first-order valence-electron chi connectivity index (χ1n) is 4.17. The van der Waals surface area contributed by atoms with Gasteiger partial charge in [-0.15, -0.1) is 0 Å². The molecule has 72 valence electrons. The zero-order chi connectivity index (χ0) is 9.68. The maximum Gasteiger partial charge on any atom is 0.316 e. The SMILES string of the molecule is C=NC(=NC(=C)C)OC1CCOC1. The second-order valence-corrected chi connectivity index (χ2v) is 2.89. The van der Waals surface area contributed by atoms with Crippen LogP contribution in [0.1, 0.15) is 13.3 Å². The van der Waals surface area contributed by atoms with Gasteiger partial charge in [0.05, 0.1) is 13.2 Å². The van der Waals surface area contributed by atoms with Gasteiger partial charge < -0.3 is 9.47 Å². The first-order valence-corrected chi connectivity index (χ1v) is 4.17. The van der Waals surface area contributed by atoms with E-state index in [4.69, 9.17) is 9.47 Å². The van der Waals surface area contributed by atoms with Crippen molar-refractivity contribution in [3.05, 3.63) is 12.3 Å². The van der Waals surface area contributed by atoms with Gasteiger partial charge in [-0.1, -0.05) is 6.58 Å². The van der Waals surface area contributed by atoms with Crippen LogP contribution in [0.3, 0.4) is 0 Å². The van der Waals surface area contributed by atoms with Crippen molar-refractivity contribution < 1.29 is 9.47 Å². The molecule has 1 saturated heterocycles. The molecule has 0 spiro atoms. The number of ether oxygens (including phenoxy) is 2. The van der Waals surface area contributed by atoms with Crippen LogP contribution in [-0.4, -0.2) is 32.1 Å². The van der Waals surface area contributed by atoms with E-state index in [1.807, 2.05) is 0 Å². The van der Waals surface area contributed by atoms with E-state index in [0.717, 1.165) is 13.0 Å². The summed E-state index contributed by atoms with van der Waals surface area (Å²) in [5.41, 5.74) is 0.654. The van der Waals surface area contributed by atoms with Gasteiger partial charge in [-0.3, -0.25) is 0 Å². The maximum atomic E-state index is 5.41. The largest absolute Gasteiger partial charge is 0.458 e. The molecule has 0 saturated carbocycles. The van der Waals surface area contributed by atoms with Gasteiger partial charge in [-0.2, -0.15) is 0 Å². The van der Waals surface area contributed by atoms with Gasteiger partial charge in [-0.05, 0) is 13.6 Å². The van der Waals surface area contributed by atoms with Crippen LogP contribution >= 0.6 is 0 Å². The van der Waals surface area contributed by atoms with Crippen LogP contribution in [0.2, 0.25) is 0 Å². The lowest BCUT2D eigenvalue weighted by molar-refractivity contribution is 0.133. The van der Waals surface area contributed by atoms with Gasteiger partial charge in [0, 0.05) is 12.1 Å². The van der Waals surface area contributed by atoms with Crippen LogP contribution in [0.4, 0.5) is 0 Å². The lowest BCUT2D eigenvalue weighted by Crippen LogP contribution is -2.16. The van der Waals surface area contributed by atoms with Gasteiger partial charge in [0.25, 0.3) is 0 Å². The summed E-state index contributed by atoms with van der Waals surface area (Å²) in [6.45, 7) is 10.1. The van der Waals surface area contributed by atoms with E-state index in [2.05, 4.69) is 23.3 Å². The Bertz CT molecular complexity index is 230. The molecule has 0 radical (unpaired) electrons. The number of nitrogens with zero attached hydrogens (tertiary/aromatic N) is 2. The zero-order valence-corrected chi connectivity index (χ0v) is 7.82. The number of rotatable bonds is 2. The highest BCUT2D eigenvalue weighted by molar-refractivity contribution is 5.79. The molecule has 0 N–H and O–H groups in total. The molecule has 0 aliphatic carbocycles. The van der Waals surface area contributed by atoms with Crippen molar-refractivity contribution in [1.82, 2.24) is 0 Å². The quantitative estimate of drug-likeness (QED) is 0.478. The van der Waals surface area contributed by atoms with Crippen LogP contribution in [0, 0.1) is 0 Å². The number of allylic oxidation sites excluding steroid dienone is 1. The summed E-state index contributed by atoms with van der Waals surface area (Å²) < 4.78 is 10.5. The molecule has 4 heteroatoms. The van der Waals surface area contributed by atoms with Crippen molar-refractivity contribution in [1.29, 1.82) is 0 Å². The highest BCUT2D eigenvalue weighted by Gasteiger charge is 2.18. The number of hydrogen-bond acceptors (Lipinski definition) is 3. The average Bonchev–Trinajstić information content (AvgIpc) is 2.55. The first kappa shape index (κ1) is 9.92. The van der Waals surface area contributed by atoms with Crippen molar-refractivity contribution in [2.75, 3.05) is 13.2 Å². The Morgan fingerprint density at radius 1 is 1.62 bits per heavy atom. The topological polar surface area (TPSA) is 43.2 Å². The van der Waals surface area contributed by atoms with Crippen LogP contribution in [0.25, 0.3) is 0 Å². The predicted molar refractivity (Wildman–Crippen MR) is 52.1 cm³/mol. The predicted octanol–water partition coefficient (Wildman–Crippen LogP) is 1.38. The van der Waals surface area contributed by atoms with Crippen molar-refractivity contribution in [3.8, 4) is 0 Å². The van der Waals surface area contributed by atoms with Gasteiger partial charge in [-0.25, -0.2) is 9.98 Å². The molecule has 0 aromatic heterocycles. The Morgan fingerprint density at radius 2 is 2.38 bits per heavy atom. The summed E-state index contributed by atoms with van der Waals surface area (Å²) in [7, 11) is 0. The van der Waals surface area contributed by atoms with Crippen LogP contribution < -0.4 is 0 Å². The van der Waals surface area contributed by atoms with E-state index in [9.17, 15) is 0 Å². The van der Waals surface area contributed by atoms with E-state index < -0.39 is 0 Å². The fraction of sp³-hybridized carbons (Fsp3) is 0.556. The van der Waals surface area contributed by atoms with Crippen molar-refractivity contribution in [2.45, 2.75) is 19.4 Å². The third-order valence-electron chi connectivity index (χ3n) is 1.58. The van der Waals surface area contributed by atoms with Gasteiger partial charge in [0.15, 0.2) is 0 Å². The van der Waals surface area contributed by atoms with E-state index >= 15 is 0 Å². The standard InChI is InChI=1S/C9H14N2O2/c1-7(2)11-9(10-3)13-8-4-5-12-6-8/h8H,1,3-6H2,2H3. The summed E-state index contributed by atoms with van der Waals surface area (Å²) in [6, 6.07) is 0.281. The average molecular weight is 182 g/mol. The summed E-state index contributed by atoms with van der Waals surface area (Å²) in [5.74, 6) is 0. The molecule has 1 aliphatic heterocycles. The molecule has 1 aliphatic rings. The lowest BCUT2D eigenvalue weighted by Gasteiger charge is -2.09. The molecule has 1 unspecified atom stereocenters. The van der Waals surface area contributed by atoms with E-state index in [1.54, 1.807) is 6.92 Å². The number of hydrogen-bond donors (Lipinski definition) is 0. The van der Waals surface area contributed by atoms with Crippen LogP contribution in [0.5, 0.6) is 0 Å². The summed E-state index contributed by atoms with van der Waals surface area (Å²) >= 11 is 0. The molecule has 1 fully saturated rings. The zero-order valence-electron chi connectivity index (χ0n) is 7.82. The number of amidine groups is 1. The third-order valence-corrected chi connectivity index (χ3v) is 1.58. The molecule has 0 aromatic rings. The maximum absolute atomic E-state index is 5.41. The molecule has 1 heterocycles. The van der Waals surface area contributed by atoms with E-state index in [1.165, 1.54) is 0 Å². The molecule has 13 heavy (non-hydrogen) atoms. The molecule has 0 aromatic carbocycles. The minimum atomic E-state index is 0.0589.